The number of aromatic nitrogens is 2. The van der Waals surface area contributed by atoms with E-state index in [2.05, 4.69) is 48.3 Å². The number of hydrogen-bond donors (Lipinski definition) is 1. The van der Waals surface area contributed by atoms with Crippen LogP contribution in [0, 0.1) is 6.92 Å². The van der Waals surface area contributed by atoms with E-state index in [0.29, 0.717) is 18.2 Å². The maximum absolute atomic E-state index is 5.67. The Morgan fingerprint density at radius 3 is 2.68 bits per heavy atom. The van der Waals surface area contributed by atoms with E-state index in [0.717, 1.165) is 12.2 Å². The van der Waals surface area contributed by atoms with Crippen LogP contribution in [0.25, 0.3) is 0 Å². The average molecular weight is 277 g/mol. The Morgan fingerprint density at radius 1 is 1.32 bits per heavy atom. The van der Waals surface area contributed by atoms with Gasteiger partial charge in [0.25, 0.3) is 0 Å². The van der Waals surface area contributed by atoms with Gasteiger partial charge >= 0.3 is 0 Å². The molecular weight excluding hydrogens is 258 g/mol. The molecule has 19 heavy (non-hydrogen) atoms. The number of hydrogen-bond acceptors (Lipinski definition) is 5. The van der Waals surface area contributed by atoms with Crippen molar-refractivity contribution < 1.29 is 4.52 Å². The second-order valence-electron chi connectivity index (χ2n) is 4.49. The number of rotatable bonds is 6. The van der Waals surface area contributed by atoms with Crippen LogP contribution >= 0.6 is 11.8 Å². The molecule has 1 aromatic heterocycles. The minimum atomic E-state index is 0.172. The quantitative estimate of drug-likeness (QED) is 0.822. The SMILES string of the molecule is CCC(CN)c1nc(CSc2ccc(C)cc2)no1. The number of thioether (sulfide) groups is 1. The molecule has 0 aliphatic heterocycles. The van der Waals surface area contributed by atoms with Gasteiger partial charge in [-0.1, -0.05) is 29.8 Å². The van der Waals surface area contributed by atoms with Crippen molar-refractivity contribution in [1.82, 2.24) is 10.1 Å². The fourth-order valence-electron chi connectivity index (χ4n) is 1.72. The molecule has 0 saturated carbocycles. The Bertz CT molecular complexity index is 506. The highest BCUT2D eigenvalue weighted by Gasteiger charge is 2.15. The molecule has 0 aliphatic rings. The van der Waals surface area contributed by atoms with Gasteiger partial charge in [-0.3, -0.25) is 0 Å². The lowest BCUT2D eigenvalue weighted by atomic mass is 10.1. The summed E-state index contributed by atoms with van der Waals surface area (Å²) in [7, 11) is 0. The summed E-state index contributed by atoms with van der Waals surface area (Å²) in [6, 6.07) is 8.42. The third-order valence-corrected chi connectivity index (χ3v) is 4.01. The van der Waals surface area contributed by atoms with Crippen LogP contribution in [0.15, 0.2) is 33.7 Å². The molecule has 0 bridgehead atoms. The lowest BCUT2D eigenvalue weighted by molar-refractivity contribution is 0.348. The van der Waals surface area contributed by atoms with Crippen molar-refractivity contribution in [3.05, 3.63) is 41.5 Å². The van der Waals surface area contributed by atoms with Crippen LogP contribution in [0.3, 0.4) is 0 Å². The summed E-state index contributed by atoms with van der Waals surface area (Å²) in [5.74, 6) is 2.27. The maximum Gasteiger partial charge on any atom is 0.231 e. The predicted molar refractivity (Wildman–Crippen MR) is 77.1 cm³/mol. The van der Waals surface area contributed by atoms with Crippen molar-refractivity contribution in [3.63, 3.8) is 0 Å². The molecule has 4 nitrogen and oxygen atoms in total. The lowest BCUT2D eigenvalue weighted by Gasteiger charge is -2.04. The first kappa shape index (κ1) is 14.1. The topological polar surface area (TPSA) is 64.9 Å². The molecule has 5 heteroatoms. The van der Waals surface area contributed by atoms with Crippen LogP contribution in [0.2, 0.25) is 0 Å². The van der Waals surface area contributed by atoms with Gasteiger partial charge in [0.2, 0.25) is 5.89 Å². The Kier molecular flexibility index (Phi) is 4.99. The minimum absolute atomic E-state index is 0.172. The van der Waals surface area contributed by atoms with E-state index in [1.54, 1.807) is 11.8 Å². The number of benzene rings is 1. The van der Waals surface area contributed by atoms with Gasteiger partial charge in [-0.15, -0.1) is 11.8 Å². The molecule has 1 heterocycles. The maximum atomic E-state index is 5.67. The molecule has 0 spiro atoms. The summed E-state index contributed by atoms with van der Waals surface area (Å²) in [4.78, 5) is 5.62. The third kappa shape index (κ3) is 3.81. The third-order valence-electron chi connectivity index (χ3n) is 3.00. The first-order chi connectivity index (χ1) is 9.22. The van der Waals surface area contributed by atoms with Crippen molar-refractivity contribution in [3.8, 4) is 0 Å². The molecule has 1 aromatic carbocycles. The summed E-state index contributed by atoms with van der Waals surface area (Å²) >= 11 is 1.71. The van der Waals surface area contributed by atoms with Crippen molar-refractivity contribution in [2.75, 3.05) is 6.54 Å². The summed E-state index contributed by atoms with van der Waals surface area (Å²) in [5, 5.41) is 4.00. The Balaban J connectivity index is 1.95. The molecule has 1 atom stereocenters. The largest absolute Gasteiger partial charge is 0.339 e. The second kappa shape index (κ2) is 6.73. The standard InChI is InChI=1S/C14H19N3OS/c1-3-11(8-15)14-16-13(17-18-14)9-19-12-6-4-10(2)5-7-12/h4-7,11H,3,8-9,15H2,1-2H3. The molecule has 2 N–H and O–H groups in total. The zero-order valence-electron chi connectivity index (χ0n) is 11.3. The van der Waals surface area contributed by atoms with Crippen molar-refractivity contribution in [2.24, 2.45) is 5.73 Å². The fourth-order valence-corrected chi connectivity index (χ4v) is 2.46. The van der Waals surface area contributed by atoms with Crippen LogP contribution < -0.4 is 5.73 Å². The van der Waals surface area contributed by atoms with E-state index < -0.39 is 0 Å². The van der Waals surface area contributed by atoms with E-state index in [-0.39, 0.29) is 5.92 Å². The molecule has 1 unspecified atom stereocenters. The van der Waals surface area contributed by atoms with Gasteiger partial charge in [0.15, 0.2) is 5.82 Å². The highest BCUT2D eigenvalue weighted by atomic mass is 32.2. The minimum Gasteiger partial charge on any atom is -0.339 e. The van der Waals surface area contributed by atoms with Crippen molar-refractivity contribution in [2.45, 2.75) is 36.8 Å². The Hall–Kier alpha value is -1.33. The van der Waals surface area contributed by atoms with E-state index in [4.69, 9.17) is 10.3 Å². The number of nitrogens with zero attached hydrogens (tertiary/aromatic N) is 2. The molecule has 102 valence electrons. The van der Waals surface area contributed by atoms with Crippen LogP contribution in [-0.4, -0.2) is 16.7 Å². The van der Waals surface area contributed by atoms with E-state index in [1.165, 1.54) is 10.5 Å². The fraction of sp³-hybridized carbons (Fsp3) is 0.429. The number of aryl methyl sites for hydroxylation is 1. The van der Waals surface area contributed by atoms with Gasteiger partial charge < -0.3 is 10.3 Å². The summed E-state index contributed by atoms with van der Waals surface area (Å²) < 4.78 is 5.26. The zero-order valence-corrected chi connectivity index (χ0v) is 12.1. The van der Waals surface area contributed by atoms with E-state index in [1.807, 2.05) is 0 Å². The smallest absolute Gasteiger partial charge is 0.231 e. The van der Waals surface area contributed by atoms with Crippen LogP contribution in [0.4, 0.5) is 0 Å². The van der Waals surface area contributed by atoms with Crippen molar-refractivity contribution >= 4 is 11.8 Å². The lowest BCUT2D eigenvalue weighted by Crippen LogP contribution is -2.11. The average Bonchev–Trinajstić information content (AvgIpc) is 2.88. The zero-order chi connectivity index (χ0) is 13.7. The van der Waals surface area contributed by atoms with Crippen molar-refractivity contribution in [1.29, 1.82) is 0 Å². The molecule has 0 saturated heterocycles. The highest BCUT2D eigenvalue weighted by Crippen LogP contribution is 2.23. The van der Waals surface area contributed by atoms with Crippen LogP contribution in [0.5, 0.6) is 0 Å². The van der Waals surface area contributed by atoms with Gasteiger partial charge in [-0.25, -0.2) is 0 Å². The van der Waals surface area contributed by atoms with Gasteiger partial charge in [0.1, 0.15) is 0 Å². The van der Waals surface area contributed by atoms with Gasteiger partial charge in [-0.05, 0) is 25.5 Å². The highest BCUT2D eigenvalue weighted by molar-refractivity contribution is 7.98. The number of nitrogens with two attached hydrogens (primary N) is 1. The first-order valence-electron chi connectivity index (χ1n) is 6.45. The van der Waals surface area contributed by atoms with Gasteiger partial charge in [0, 0.05) is 11.4 Å². The van der Waals surface area contributed by atoms with E-state index in [9.17, 15) is 0 Å². The first-order valence-corrected chi connectivity index (χ1v) is 7.43. The summed E-state index contributed by atoms with van der Waals surface area (Å²) in [6.07, 6.45) is 0.920. The predicted octanol–water partition coefficient (Wildman–Crippen LogP) is 3.12. The molecule has 2 rings (SSSR count). The van der Waals surface area contributed by atoms with Gasteiger partial charge in [-0.2, -0.15) is 4.98 Å². The van der Waals surface area contributed by atoms with Crippen LogP contribution in [-0.2, 0) is 5.75 Å². The van der Waals surface area contributed by atoms with E-state index >= 15 is 0 Å². The second-order valence-corrected chi connectivity index (χ2v) is 5.54. The van der Waals surface area contributed by atoms with Crippen LogP contribution in [0.1, 0.15) is 36.5 Å². The molecule has 0 fully saturated rings. The van der Waals surface area contributed by atoms with Gasteiger partial charge in [0.05, 0.1) is 11.7 Å². The Morgan fingerprint density at radius 2 is 2.05 bits per heavy atom. The summed E-state index contributed by atoms with van der Waals surface area (Å²) in [6.45, 7) is 4.70. The molecular formula is C14H19N3OS. The molecule has 0 amide bonds. The summed E-state index contributed by atoms with van der Waals surface area (Å²) in [5.41, 5.74) is 6.93. The molecule has 0 radical (unpaired) electrons. The molecule has 2 aromatic rings. The Labute approximate surface area is 117 Å². The monoisotopic (exact) mass is 277 g/mol. The molecule has 0 aliphatic carbocycles. The normalized spacial score (nSPS) is 12.6.